The van der Waals surface area contributed by atoms with E-state index in [-0.39, 0.29) is 0 Å². The van der Waals surface area contributed by atoms with Crippen LogP contribution in [0.3, 0.4) is 0 Å². The molecule has 0 aliphatic carbocycles. The van der Waals surface area contributed by atoms with Crippen LogP contribution in [0.4, 0.5) is 0 Å². The molecule has 92 valence electrons. The van der Waals surface area contributed by atoms with E-state index in [1.54, 1.807) is 7.11 Å². The standard InChI is InChI=1S/C11H22N4O/c1-4-9(5-2)11-14-13-10(8-12)15(11)6-7-16-3/h9H,4-8,12H2,1-3H3. The quantitative estimate of drug-likeness (QED) is 0.760. The van der Waals surface area contributed by atoms with Crippen LogP contribution in [0, 0.1) is 0 Å². The lowest BCUT2D eigenvalue weighted by atomic mass is 10.0. The van der Waals surface area contributed by atoms with Crippen LogP contribution >= 0.6 is 0 Å². The predicted octanol–water partition coefficient (Wildman–Crippen LogP) is 1.29. The van der Waals surface area contributed by atoms with Crippen molar-refractivity contribution in [2.24, 2.45) is 5.73 Å². The van der Waals surface area contributed by atoms with Crippen LogP contribution in [0.25, 0.3) is 0 Å². The molecular weight excluding hydrogens is 204 g/mol. The van der Waals surface area contributed by atoms with Gasteiger partial charge in [-0.25, -0.2) is 0 Å². The zero-order valence-electron chi connectivity index (χ0n) is 10.4. The van der Waals surface area contributed by atoms with Crippen molar-refractivity contribution in [3.63, 3.8) is 0 Å². The topological polar surface area (TPSA) is 66.0 Å². The van der Waals surface area contributed by atoms with Crippen molar-refractivity contribution in [2.75, 3.05) is 13.7 Å². The SMILES string of the molecule is CCC(CC)c1nnc(CN)n1CCOC. The summed E-state index contributed by atoms with van der Waals surface area (Å²) < 4.78 is 7.20. The fourth-order valence-corrected chi connectivity index (χ4v) is 1.88. The molecule has 1 rings (SSSR count). The fourth-order valence-electron chi connectivity index (χ4n) is 1.88. The molecule has 0 spiro atoms. The summed E-state index contributed by atoms with van der Waals surface area (Å²) in [6, 6.07) is 0. The molecule has 1 heterocycles. The maximum absolute atomic E-state index is 5.65. The molecule has 2 N–H and O–H groups in total. The third kappa shape index (κ3) is 2.80. The van der Waals surface area contributed by atoms with Crippen LogP contribution in [0.5, 0.6) is 0 Å². The molecule has 0 saturated heterocycles. The zero-order valence-corrected chi connectivity index (χ0v) is 10.4. The molecule has 16 heavy (non-hydrogen) atoms. The Labute approximate surface area is 97.0 Å². The average Bonchev–Trinajstić information content (AvgIpc) is 2.71. The summed E-state index contributed by atoms with van der Waals surface area (Å²) in [5, 5.41) is 8.40. The lowest BCUT2D eigenvalue weighted by molar-refractivity contribution is 0.184. The molecule has 0 aliphatic heterocycles. The third-order valence-corrected chi connectivity index (χ3v) is 2.91. The molecule has 1 aromatic heterocycles. The van der Waals surface area contributed by atoms with Gasteiger partial charge in [0, 0.05) is 19.6 Å². The molecule has 0 radical (unpaired) electrons. The minimum Gasteiger partial charge on any atom is -0.383 e. The Kier molecular flexibility index (Phi) is 5.42. The second-order valence-electron chi connectivity index (χ2n) is 3.84. The van der Waals surface area contributed by atoms with E-state index in [4.69, 9.17) is 10.5 Å². The number of ether oxygens (including phenoxy) is 1. The Bertz CT molecular complexity index is 307. The number of aromatic nitrogens is 3. The van der Waals surface area contributed by atoms with E-state index in [0.717, 1.165) is 31.0 Å². The van der Waals surface area contributed by atoms with Gasteiger partial charge in [-0.05, 0) is 12.8 Å². The second kappa shape index (κ2) is 6.60. The molecule has 0 saturated carbocycles. The largest absolute Gasteiger partial charge is 0.383 e. The van der Waals surface area contributed by atoms with E-state index in [1.165, 1.54) is 0 Å². The molecule has 0 unspecified atom stereocenters. The van der Waals surface area contributed by atoms with Crippen LogP contribution < -0.4 is 5.73 Å². The monoisotopic (exact) mass is 226 g/mol. The first-order valence-corrected chi connectivity index (χ1v) is 5.89. The molecule has 0 aromatic carbocycles. The summed E-state index contributed by atoms with van der Waals surface area (Å²) in [6.07, 6.45) is 2.15. The van der Waals surface area contributed by atoms with Gasteiger partial charge in [0.1, 0.15) is 11.6 Å². The molecular formula is C11H22N4O. The summed E-state index contributed by atoms with van der Waals surface area (Å²) in [4.78, 5) is 0. The molecule has 1 aromatic rings. The first-order valence-electron chi connectivity index (χ1n) is 5.89. The van der Waals surface area contributed by atoms with Gasteiger partial charge in [-0.2, -0.15) is 0 Å². The van der Waals surface area contributed by atoms with E-state index >= 15 is 0 Å². The summed E-state index contributed by atoms with van der Waals surface area (Å²) >= 11 is 0. The van der Waals surface area contributed by atoms with E-state index in [9.17, 15) is 0 Å². The van der Waals surface area contributed by atoms with E-state index in [0.29, 0.717) is 19.1 Å². The molecule has 5 heteroatoms. The van der Waals surface area contributed by atoms with Gasteiger partial charge in [-0.1, -0.05) is 13.8 Å². The van der Waals surface area contributed by atoms with Crippen LogP contribution in [0.2, 0.25) is 0 Å². The Morgan fingerprint density at radius 2 is 2.00 bits per heavy atom. The fraction of sp³-hybridized carbons (Fsp3) is 0.818. The van der Waals surface area contributed by atoms with Crippen LogP contribution in [0.1, 0.15) is 44.3 Å². The van der Waals surface area contributed by atoms with Crippen molar-refractivity contribution in [3.05, 3.63) is 11.6 Å². The van der Waals surface area contributed by atoms with Crippen molar-refractivity contribution in [3.8, 4) is 0 Å². The van der Waals surface area contributed by atoms with Crippen molar-refractivity contribution >= 4 is 0 Å². The van der Waals surface area contributed by atoms with Crippen molar-refractivity contribution in [2.45, 2.75) is 45.7 Å². The van der Waals surface area contributed by atoms with Gasteiger partial charge >= 0.3 is 0 Å². The smallest absolute Gasteiger partial charge is 0.146 e. The highest BCUT2D eigenvalue weighted by Gasteiger charge is 2.17. The Morgan fingerprint density at radius 3 is 2.50 bits per heavy atom. The number of methoxy groups -OCH3 is 1. The summed E-state index contributed by atoms with van der Waals surface area (Å²) in [5.41, 5.74) is 5.65. The Morgan fingerprint density at radius 1 is 1.31 bits per heavy atom. The Balaban J connectivity index is 2.93. The van der Waals surface area contributed by atoms with Crippen LogP contribution in [-0.4, -0.2) is 28.5 Å². The summed E-state index contributed by atoms with van der Waals surface area (Å²) in [6.45, 7) is 6.22. The van der Waals surface area contributed by atoms with Gasteiger partial charge < -0.3 is 15.0 Å². The highest BCUT2D eigenvalue weighted by Crippen LogP contribution is 2.21. The molecule has 5 nitrogen and oxygen atoms in total. The highest BCUT2D eigenvalue weighted by atomic mass is 16.5. The lowest BCUT2D eigenvalue weighted by Gasteiger charge is -2.14. The van der Waals surface area contributed by atoms with Crippen molar-refractivity contribution < 1.29 is 4.74 Å². The number of hydrogen-bond acceptors (Lipinski definition) is 4. The van der Waals surface area contributed by atoms with Crippen molar-refractivity contribution in [1.82, 2.24) is 14.8 Å². The minimum absolute atomic E-state index is 0.427. The summed E-state index contributed by atoms with van der Waals surface area (Å²) in [7, 11) is 1.70. The third-order valence-electron chi connectivity index (χ3n) is 2.91. The van der Waals surface area contributed by atoms with Crippen molar-refractivity contribution in [1.29, 1.82) is 0 Å². The van der Waals surface area contributed by atoms with E-state index in [1.807, 2.05) is 0 Å². The average molecular weight is 226 g/mol. The molecule has 0 fully saturated rings. The van der Waals surface area contributed by atoms with Gasteiger partial charge in [0.05, 0.1) is 13.2 Å². The second-order valence-corrected chi connectivity index (χ2v) is 3.84. The maximum Gasteiger partial charge on any atom is 0.146 e. The highest BCUT2D eigenvalue weighted by molar-refractivity contribution is 5.01. The van der Waals surface area contributed by atoms with Crippen LogP contribution in [0.15, 0.2) is 0 Å². The Hall–Kier alpha value is -0.940. The molecule has 0 amide bonds. The molecule has 0 bridgehead atoms. The van der Waals surface area contributed by atoms with E-state index < -0.39 is 0 Å². The van der Waals surface area contributed by atoms with Gasteiger partial charge in [-0.3, -0.25) is 0 Å². The lowest BCUT2D eigenvalue weighted by Crippen LogP contribution is -2.16. The van der Waals surface area contributed by atoms with Crippen LogP contribution in [-0.2, 0) is 17.8 Å². The van der Waals surface area contributed by atoms with Gasteiger partial charge in [0.25, 0.3) is 0 Å². The zero-order chi connectivity index (χ0) is 12.0. The number of hydrogen-bond donors (Lipinski definition) is 1. The molecule has 0 atom stereocenters. The van der Waals surface area contributed by atoms with Gasteiger partial charge in [-0.15, -0.1) is 10.2 Å². The first-order chi connectivity index (χ1) is 7.78. The van der Waals surface area contributed by atoms with Gasteiger partial charge in [0.2, 0.25) is 0 Å². The first kappa shape index (κ1) is 13.1. The normalized spacial score (nSPS) is 11.3. The summed E-state index contributed by atoms with van der Waals surface area (Å²) in [5.74, 6) is 2.35. The molecule has 0 aliphatic rings. The minimum atomic E-state index is 0.427. The van der Waals surface area contributed by atoms with E-state index in [2.05, 4.69) is 28.6 Å². The number of nitrogens with zero attached hydrogens (tertiary/aromatic N) is 3. The maximum atomic E-state index is 5.65. The van der Waals surface area contributed by atoms with Gasteiger partial charge in [0.15, 0.2) is 0 Å². The number of rotatable bonds is 7. The predicted molar refractivity (Wildman–Crippen MR) is 63.1 cm³/mol. The number of nitrogens with two attached hydrogens (primary N) is 1.